The monoisotopic (exact) mass is 465 g/mol. The molecule has 5 heterocycles. The van der Waals surface area contributed by atoms with E-state index in [4.69, 9.17) is 0 Å². The maximum atomic E-state index is 12.9. The van der Waals surface area contributed by atoms with Gasteiger partial charge in [0.05, 0.1) is 11.3 Å². The van der Waals surface area contributed by atoms with E-state index < -0.39 is 11.4 Å². The van der Waals surface area contributed by atoms with Crippen LogP contribution in [0.25, 0.3) is 16.2 Å². The molecule has 4 aromatic heterocycles. The Kier molecular flexibility index (Phi) is 4.93. The van der Waals surface area contributed by atoms with Gasteiger partial charge in [-0.15, -0.1) is 11.3 Å². The Hall–Kier alpha value is -4.06. The van der Waals surface area contributed by atoms with Crippen molar-refractivity contribution in [2.75, 3.05) is 23.3 Å². The molecule has 11 nitrogen and oxygen atoms in total. The number of pyridine rings is 2. The summed E-state index contributed by atoms with van der Waals surface area (Å²) in [7, 11) is 0. The minimum atomic E-state index is -1.31. The fourth-order valence-corrected chi connectivity index (χ4v) is 4.43. The molecule has 4 aromatic rings. The van der Waals surface area contributed by atoms with Crippen LogP contribution in [0.1, 0.15) is 21.6 Å². The van der Waals surface area contributed by atoms with E-state index in [0.717, 1.165) is 5.69 Å². The van der Waals surface area contributed by atoms with Crippen molar-refractivity contribution in [3.63, 3.8) is 0 Å². The molecule has 0 bridgehead atoms. The number of carbonyl (C=O) groups is 2. The summed E-state index contributed by atoms with van der Waals surface area (Å²) in [5.74, 6) is -0.569. The number of aromatic nitrogens is 5. The fraction of sp³-hybridized carbons (Fsp3) is 0.238. The molecule has 0 unspecified atom stereocenters. The first-order valence-corrected chi connectivity index (χ1v) is 11.0. The van der Waals surface area contributed by atoms with Gasteiger partial charge in [-0.05, 0) is 25.5 Å². The number of rotatable bonds is 5. The van der Waals surface area contributed by atoms with Gasteiger partial charge in [0.15, 0.2) is 16.6 Å². The van der Waals surface area contributed by atoms with Gasteiger partial charge in [0.2, 0.25) is 11.3 Å². The highest BCUT2D eigenvalue weighted by Crippen LogP contribution is 2.29. The largest absolute Gasteiger partial charge is 0.477 e. The SMILES string of the molecule is Cc1cc(NC(=O)C2CN(c3cc(C)c4c(=O)c(C(=O)O)cn(-c5nccs5)c4n3)C2)n[nH]1. The molecule has 1 amide bonds. The van der Waals surface area contributed by atoms with Gasteiger partial charge in [0.25, 0.3) is 0 Å². The number of aromatic carboxylic acids is 1. The second kappa shape index (κ2) is 7.81. The van der Waals surface area contributed by atoms with Crippen molar-refractivity contribution in [3.05, 3.63) is 57.0 Å². The summed E-state index contributed by atoms with van der Waals surface area (Å²) in [6, 6.07) is 3.50. The molecule has 5 rings (SSSR count). The molecule has 0 saturated carbocycles. The third-order valence-electron chi connectivity index (χ3n) is 5.53. The molecule has 1 saturated heterocycles. The van der Waals surface area contributed by atoms with Crippen molar-refractivity contribution in [2.24, 2.45) is 5.92 Å². The number of carboxylic acid groups (broad SMARTS) is 1. The molecule has 1 aliphatic heterocycles. The third kappa shape index (κ3) is 3.63. The van der Waals surface area contributed by atoms with Crippen LogP contribution in [0, 0.1) is 19.8 Å². The van der Waals surface area contributed by atoms with Gasteiger partial charge in [-0.25, -0.2) is 14.8 Å². The standard InChI is InChI=1S/C21H19N7O4S/c1-10-5-15(27-7-12(8-27)19(30)23-14-6-11(2)25-26-14)24-18-16(10)17(29)13(20(31)32)9-28(18)21-22-3-4-33-21/h3-6,9,12H,7-8H2,1-2H3,(H,31,32)(H2,23,25,26,30). The molecular weight excluding hydrogens is 446 g/mol. The summed E-state index contributed by atoms with van der Waals surface area (Å²) in [6.45, 7) is 4.52. The van der Waals surface area contributed by atoms with Crippen molar-refractivity contribution in [1.29, 1.82) is 0 Å². The highest BCUT2D eigenvalue weighted by atomic mass is 32.1. The highest BCUT2D eigenvalue weighted by Gasteiger charge is 2.34. The number of thiazole rings is 1. The Morgan fingerprint density at radius 2 is 2.06 bits per heavy atom. The van der Waals surface area contributed by atoms with Crippen LogP contribution in [0.2, 0.25) is 0 Å². The smallest absolute Gasteiger partial charge is 0.341 e. The molecule has 0 radical (unpaired) electrons. The minimum Gasteiger partial charge on any atom is -0.477 e. The van der Waals surface area contributed by atoms with E-state index in [0.29, 0.717) is 41.1 Å². The van der Waals surface area contributed by atoms with Gasteiger partial charge in [-0.1, -0.05) is 0 Å². The Labute approximate surface area is 190 Å². The number of fused-ring (bicyclic) bond motifs is 1. The number of nitrogens with one attached hydrogen (secondary N) is 2. The molecule has 0 spiro atoms. The Balaban J connectivity index is 1.48. The van der Waals surface area contributed by atoms with E-state index in [-0.39, 0.29) is 22.8 Å². The molecule has 1 aliphatic rings. The maximum absolute atomic E-state index is 12.9. The summed E-state index contributed by atoms with van der Waals surface area (Å²) in [6.07, 6.45) is 2.86. The van der Waals surface area contributed by atoms with Gasteiger partial charge < -0.3 is 15.3 Å². The van der Waals surface area contributed by atoms with Crippen molar-refractivity contribution in [2.45, 2.75) is 13.8 Å². The van der Waals surface area contributed by atoms with Gasteiger partial charge >= 0.3 is 5.97 Å². The highest BCUT2D eigenvalue weighted by molar-refractivity contribution is 7.12. The maximum Gasteiger partial charge on any atom is 0.341 e. The summed E-state index contributed by atoms with van der Waals surface area (Å²) in [5, 5.41) is 21.6. The number of hydrogen-bond donors (Lipinski definition) is 3. The summed E-state index contributed by atoms with van der Waals surface area (Å²) in [5.41, 5.74) is 0.860. The van der Waals surface area contributed by atoms with Crippen LogP contribution in [-0.2, 0) is 4.79 Å². The van der Waals surface area contributed by atoms with Gasteiger partial charge in [-0.2, -0.15) is 5.10 Å². The number of carboxylic acids is 1. The number of aromatic amines is 1. The van der Waals surface area contributed by atoms with Gasteiger partial charge in [-0.3, -0.25) is 19.3 Å². The van der Waals surface area contributed by atoms with E-state index in [1.807, 2.05) is 11.8 Å². The predicted octanol–water partition coefficient (Wildman–Crippen LogP) is 1.96. The van der Waals surface area contributed by atoms with E-state index in [9.17, 15) is 19.5 Å². The molecule has 1 fully saturated rings. The van der Waals surface area contributed by atoms with E-state index in [1.54, 1.807) is 30.6 Å². The number of H-pyrrole nitrogens is 1. The summed E-state index contributed by atoms with van der Waals surface area (Å²) >= 11 is 1.31. The Morgan fingerprint density at radius 3 is 2.70 bits per heavy atom. The van der Waals surface area contributed by atoms with Crippen LogP contribution in [0.15, 0.2) is 34.7 Å². The second-order valence-electron chi connectivity index (χ2n) is 7.89. The fourth-order valence-electron chi connectivity index (χ4n) is 3.81. The van der Waals surface area contributed by atoms with Crippen LogP contribution in [0.4, 0.5) is 11.6 Å². The quantitative estimate of drug-likeness (QED) is 0.405. The molecule has 0 aliphatic carbocycles. The average Bonchev–Trinajstić information content (AvgIpc) is 3.38. The molecule has 3 N–H and O–H groups in total. The first kappa shape index (κ1) is 20.8. The lowest BCUT2D eigenvalue weighted by atomic mass is 9.98. The third-order valence-corrected chi connectivity index (χ3v) is 6.30. The van der Waals surface area contributed by atoms with Crippen molar-refractivity contribution >= 4 is 45.9 Å². The zero-order chi connectivity index (χ0) is 23.3. The number of aryl methyl sites for hydroxylation is 2. The van der Waals surface area contributed by atoms with E-state index >= 15 is 0 Å². The summed E-state index contributed by atoms with van der Waals surface area (Å²) < 4.78 is 1.53. The zero-order valence-corrected chi connectivity index (χ0v) is 18.5. The van der Waals surface area contributed by atoms with Crippen LogP contribution >= 0.6 is 11.3 Å². The Morgan fingerprint density at radius 1 is 1.27 bits per heavy atom. The first-order chi connectivity index (χ1) is 15.8. The number of nitrogens with zero attached hydrogens (tertiary/aromatic N) is 5. The molecule has 12 heteroatoms. The molecule has 168 valence electrons. The molecule has 33 heavy (non-hydrogen) atoms. The number of amides is 1. The van der Waals surface area contributed by atoms with Crippen molar-refractivity contribution in [1.82, 2.24) is 24.7 Å². The molecular formula is C21H19N7O4S. The predicted molar refractivity (Wildman–Crippen MR) is 122 cm³/mol. The second-order valence-corrected chi connectivity index (χ2v) is 8.76. The van der Waals surface area contributed by atoms with Gasteiger partial charge in [0, 0.05) is 42.6 Å². The van der Waals surface area contributed by atoms with Crippen LogP contribution < -0.4 is 15.6 Å². The van der Waals surface area contributed by atoms with Gasteiger partial charge in [0.1, 0.15) is 11.4 Å². The zero-order valence-electron chi connectivity index (χ0n) is 17.7. The molecule has 0 aromatic carbocycles. The first-order valence-electron chi connectivity index (χ1n) is 10.1. The number of hydrogen-bond acceptors (Lipinski definition) is 8. The topological polar surface area (TPSA) is 146 Å². The number of anilines is 2. The molecule has 0 atom stereocenters. The number of carbonyl (C=O) groups excluding carboxylic acids is 1. The van der Waals surface area contributed by atoms with E-state index in [2.05, 4.69) is 25.5 Å². The average molecular weight is 465 g/mol. The Bertz CT molecular complexity index is 1450. The van der Waals surface area contributed by atoms with Crippen LogP contribution in [-0.4, -0.2) is 54.8 Å². The van der Waals surface area contributed by atoms with E-state index in [1.165, 1.54) is 22.1 Å². The summed E-state index contributed by atoms with van der Waals surface area (Å²) in [4.78, 5) is 47.9. The van der Waals surface area contributed by atoms with Crippen LogP contribution in [0.5, 0.6) is 0 Å². The van der Waals surface area contributed by atoms with Crippen molar-refractivity contribution < 1.29 is 14.7 Å². The lowest BCUT2D eigenvalue weighted by Gasteiger charge is -2.39. The normalized spacial score (nSPS) is 13.8. The lowest BCUT2D eigenvalue weighted by Crippen LogP contribution is -2.52. The lowest BCUT2D eigenvalue weighted by molar-refractivity contribution is -0.120. The minimum absolute atomic E-state index is 0.124. The van der Waals surface area contributed by atoms with Crippen LogP contribution in [0.3, 0.4) is 0 Å². The van der Waals surface area contributed by atoms with Crippen molar-refractivity contribution in [3.8, 4) is 5.13 Å².